The number of rotatable bonds is 6. The Balaban J connectivity index is 1.87. The molecule has 1 aliphatic rings. The maximum absolute atomic E-state index is 12.1. The Labute approximate surface area is 157 Å². The SMILES string of the molecule is CC1CCN(C(=O)COC(=O)C[C@@H](NC(N)=O)c2ccc(Cl)cc2)CC1. The Morgan fingerprint density at radius 3 is 2.46 bits per heavy atom. The number of hydrogen-bond donors (Lipinski definition) is 2. The van der Waals surface area contributed by atoms with E-state index in [4.69, 9.17) is 22.1 Å². The van der Waals surface area contributed by atoms with Gasteiger partial charge in [0.25, 0.3) is 5.91 Å². The van der Waals surface area contributed by atoms with E-state index in [-0.39, 0.29) is 18.9 Å². The molecule has 3 N–H and O–H groups in total. The summed E-state index contributed by atoms with van der Waals surface area (Å²) in [5.41, 5.74) is 5.85. The Kier molecular flexibility index (Phi) is 7.26. The fraction of sp³-hybridized carbons (Fsp3) is 0.500. The normalized spacial score (nSPS) is 16.0. The van der Waals surface area contributed by atoms with E-state index >= 15 is 0 Å². The summed E-state index contributed by atoms with van der Waals surface area (Å²) in [6.07, 6.45) is 1.79. The smallest absolute Gasteiger partial charge is 0.312 e. The van der Waals surface area contributed by atoms with Gasteiger partial charge in [-0.2, -0.15) is 0 Å². The average molecular weight is 382 g/mol. The quantitative estimate of drug-likeness (QED) is 0.737. The van der Waals surface area contributed by atoms with E-state index in [9.17, 15) is 14.4 Å². The van der Waals surface area contributed by atoms with E-state index in [1.165, 1.54) is 0 Å². The van der Waals surface area contributed by atoms with Crippen molar-refractivity contribution < 1.29 is 19.1 Å². The molecule has 0 aliphatic carbocycles. The molecular formula is C18H24ClN3O4. The number of amides is 3. The van der Waals surface area contributed by atoms with Gasteiger partial charge in [-0.05, 0) is 36.5 Å². The number of carbonyl (C=O) groups excluding carboxylic acids is 3. The lowest BCUT2D eigenvalue weighted by atomic mass is 9.99. The van der Waals surface area contributed by atoms with Crippen molar-refractivity contribution in [1.82, 2.24) is 10.2 Å². The van der Waals surface area contributed by atoms with Crippen LogP contribution in [0.2, 0.25) is 5.02 Å². The maximum atomic E-state index is 12.1. The van der Waals surface area contributed by atoms with E-state index in [2.05, 4.69) is 12.2 Å². The van der Waals surface area contributed by atoms with Crippen molar-refractivity contribution in [2.24, 2.45) is 11.7 Å². The van der Waals surface area contributed by atoms with Crippen LogP contribution in [0.1, 0.15) is 37.8 Å². The number of urea groups is 1. The third kappa shape index (κ3) is 6.22. The van der Waals surface area contributed by atoms with Crippen molar-refractivity contribution in [3.05, 3.63) is 34.9 Å². The van der Waals surface area contributed by atoms with Crippen molar-refractivity contribution in [3.63, 3.8) is 0 Å². The van der Waals surface area contributed by atoms with Gasteiger partial charge < -0.3 is 20.7 Å². The first-order valence-electron chi connectivity index (χ1n) is 8.60. The summed E-state index contributed by atoms with van der Waals surface area (Å²) in [4.78, 5) is 37.1. The van der Waals surface area contributed by atoms with Gasteiger partial charge in [0.05, 0.1) is 12.5 Å². The zero-order chi connectivity index (χ0) is 19.1. The summed E-state index contributed by atoms with van der Waals surface area (Å²) in [5, 5.41) is 3.04. The zero-order valence-corrected chi connectivity index (χ0v) is 15.5. The van der Waals surface area contributed by atoms with Crippen LogP contribution in [0.3, 0.4) is 0 Å². The minimum absolute atomic E-state index is 0.130. The number of esters is 1. The second-order valence-electron chi connectivity index (χ2n) is 6.54. The molecule has 8 heteroatoms. The Hall–Kier alpha value is -2.28. The molecule has 1 saturated heterocycles. The molecule has 1 atom stereocenters. The monoisotopic (exact) mass is 381 g/mol. The van der Waals surface area contributed by atoms with Gasteiger partial charge in [-0.3, -0.25) is 9.59 Å². The van der Waals surface area contributed by atoms with Crippen molar-refractivity contribution in [1.29, 1.82) is 0 Å². The van der Waals surface area contributed by atoms with Crippen LogP contribution in [0.25, 0.3) is 0 Å². The molecule has 142 valence electrons. The number of hydrogen-bond acceptors (Lipinski definition) is 4. The summed E-state index contributed by atoms with van der Waals surface area (Å²) in [5.74, 6) is -0.171. The van der Waals surface area contributed by atoms with Crippen molar-refractivity contribution in [3.8, 4) is 0 Å². The van der Waals surface area contributed by atoms with Gasteiger partial charge in [-0.15, -0.1) is 0 Å². The lowest BCUT2D eigenvalue weighted by molar-refractivity contribution is -0.153. The minimum atomic E-state index is -0.753. The van der Waals surface area contributed by atoms with Gasteiger partial charge in [0.15, 0.2) is 6.61 Å². The third-order valence-electron chi connectivity index (χ3n) is 4.45. The van der Waals surface area contributed by atoms with Crippen LogP contribution in [0.5, 0.6) is 0 Å². The van der Waals surface area contributed by atoms with Crippen LogP contribution >= 0.6 is 11.6 Å². The molecule has 0 spiro atoms. The van der Waals surface area contributed by atoms with E-state index in [0.29, 0.717) is 29.6 Å². The van der Waals surface area contributed by atoms with Crippen LogP contribution in [-0.4, -0.2) is 42.5 Å². The van der Waals surface area contributed by atoms with Gasteiger partial charge in [0.1, 0.15) is 0 Å². The molecule has 1 heterocycles. The number of benzene rings is 1. The molecule has 1 aromatic rings. The van der Waals surface area contributed by atoms with Gasteiger partial charge in [-0.25, -0.2) is 4.79 Å². The highest BCUT2D eigenvalue weighted by atomic mass is 35.5. The van der Waals surface area contributed by atoms with Crippen molar-refractivity contribution >= 4 is 29.5 Å². The summed E-state index contributed by atoms with van der Waals surface area (Å²) in [7, 11) is 0. The number of likely N-dealkylation sites (tertiary alicyclic amines) is 1. The van der Waals surface area contributed by atoms with Gasteiger partial charge in [-0.1, -0.05) is 30.7 Å². The van der Waals surface area contributed by atoms with Crippen molar-refractivity contribution in [2.75, 3.05) is 19.7 Å². The predicted molar refractivity (Wildman–Crippen MR) is 97.5 cm³/mol. The zero-order valence-electron chi connectivity index (χ0n) is 14.7. The summed E-state index contributed by atoms with van der Waals surface area (Å²) in [6, 6.07) is 5.28. The van der Waals surface area contributed by atoms with E-state index in [1.807, 2.05) is 0 Å². The molecular weight excluding hydrogens is 358 g/mol. The van der Waals surface area contributed by atoms with Gasteiger partial charge in [0, 0.05) is 18.1 Å². The molecule has 0 unspecified atom stereocenters. The molecule has 2 rings (SSSR count). The van der Waals surface area contributed by atoms with E-state index in [1.54, 1.807) is 29.2 Å². The van der Waals surface area contributed by atoms with Crippen LogP contribution < -0.4 is 11.1 Å². The van der Waals surface area contributed by atoms with Crippen molar-refractivity contribution in [2.45, 2.75) is 32.2 Å². The fourth-order valence-corrected chi connectivity index (χ4v) is 2.96. The number of piperidine rings is 1. The average Bonchev–Trinajstić information content (AvgIpc) is 2.60. The molecule has 0 saturated carbocycles. The second kappa shape index (κ2) is 9.43. The number of nitrogens with two attached hydrogens (primary N) is 1. The molecule has 0 radical (unpaired) electrons. The Morgan fingerprint density at radius 2 is 1.88 bits per heavy atom. The topological polar surface area (TPSA) is 102 Å². The number of halogens is 1. The fourth-order valence-electron chi connectivity index (χ4n) is 2.84. The molecule has 1 aliphatic heterocycles. The van der Waals surface area contributed by atoms with Crippen LogP contribution in [0, 0.1) is 5.92 Å². The maximum Gasteiger partial charge on any atom is 0.312 e. The number of nitrogens with one attached hydrogen (secondary N) is 1. The first-order chi connectivity index (χ1) is 12.3. The minimum Gasteiger partial charge on any atom is -0.455 e. The Bertz CT molecular complexity index is 642. The summed E-state index contributed by atoms with van der Waals surface area (Å²) >= 11 is 5.85. The molecule has 1 fully saturated rings. The highest BCUT2D eigenvalue weighted by Crippen LogP contribution is 2.20. The number of carbonyl (C=O) groups is 3. The Morgan fingerprint density at radius 1 is 1.27 bits per heavy atom. The molecule has 1 aromatic carbocycles. The number of primary amides is 1. The first kappa shape index (κ1) is 20.0. The van der Waals surface area contributed by atoms with Crippen LogP contribution in [0.4, 0.5) is 4.79 Å². The van der Waals surface area contributed by atoms with Gasteiger partial charge in [0.2, 0.25) is 0 Å². The molecule has 3 amide bonds. The van der Waals surface area contributed by atoms with Gasteiger partial charge >= 0.3 is 12.0 Å². The first-order valence-corrected chi connectivity index (χ1v) is 8.97. The number of nitrogens with zero attached hydrogens (tertiary/aromatic N) is 1. The lowest BCUT2D eigenvalue weighted by Gasteiger charge is -2.30. The summed E-state index contributed by atoms with van der Waals surface area (Å²) < 4.78 is 5.09. The van der Waals surface area contributed by atoms with E-state index < -0.39 is 18.0 Å². The van der Waals surface area contributed by atoms with Crippen LogP contribution in [0.15, 0.2) is 24.3 Å². The largest absolute Gasteiger partial charge is 0.455 e. The third-order valence-corrected chi connectivity index (χ3v) is 4.70. The second-order valence-corrected chi connectivity index (χ2v) is 6.98. The summed E-state index contributed by atoms with van der Waals surface area (Å²) in [6.45, 7) is 3.24. The standard InChI is InChI=1S/C18H24ClN3O4/c1-12-6-8-22(9-7-12)16(23)11-26-17(24)10-15(21-18(20)25)13-2-4-14(19)5-3-13/h2-5,12,15H,6-11H2,1H3,(H3,20,21,25)/t15-/m1/s1. The molecule has 0 aromatic heterocycles. The van der Waals surface area contributed by atoms with E-state index in [0.717, 1.165) is 12.8 Å². The molecule has 0 bridgehead atoms. The molecule has 7 nitrogen and oxygen atoms in total. The highest BCUT2D eigenvalue weighted by Gasteiger charge is 2.23. The lowest BCUT2D eigenvalue weighted by Crippen LogP contribution is -2.40. The highest BCUT2D eigenvalue weighted by molar-refractivity contribution is 6.30. The predicted octanol–water partition coefficient (Wildman–Crippen LogP) is 2.24. The number of ether oxygens (including phenoxy) is 1. The molecule has 26 heavy (non-hydrogen) atoms. The van der Waals surface area contributed by atoms with Crippen LogP contribution in [-0.2, 0) is 14.3 Å².